The summed E-state index contributed by atoms with van der Waals surface area (Å²) in [5.41, 5.74) is 0.979. The van der Waals surface area contributed by atoms with Gasteiger partial charge in [0.05, 0.1) is 5.60 Å². The molecule has 0 unspecified atom stereocenters. The molecular weight excluding hydrogens is 322 g/mol. The average molecular weight is 338 g/mol. The van der Waals surface area contributed by atoms with Crippen LogP contribution in [0.3, 0.4) is 0 Å². The molecular formula is C15H16BrNO3. The first-order chi connectivity index (χ1) is 9.47. The van der Waals surface area contributed by atoms with E-state index < -0.39 is 5.60 Å². The van der Waals surface area contributed by atoms with E-state index in [-0.39, 0.29) is 18.2 Å². The molecule has 1 saturated carbocycles. The van der Waals surface area contributed by atoms with Gasteiger partial charge in [0, 0.05) is 16.4 Å². The van der Waals surface area contributed by atoms with E-state index in [0.717, 1.165) is 40.3 Å². The molecule has 1 aromatic carbocycles. The van der Waals surface area contributed by atoms with Crippen LogP contribution < -0.4 is 5.32 Å². The van der Waals surface area contributed by atoms with Crippen LogP contribution >= 0.6 is 15.9 Å². The van der Waals surface area contributed by atoms with Crippen molar-refractivity contribution in [3.63, 3.8) is 0 Å². The number of aliphatic hydroxyl groups is 1. The smallest absolute Gasteiger partial charge is 0.287 e. The van der Waals surface area contributed by atoms with Crippen LogP contribution in [0.2, 0.25) is 0 Å². The Labute approximate surface area is 125 Å². The van der Waals surface area contributed by atoms with Crippen molar-refractivity contribution in [3.05, 3.63) is 34.0 Å². The average Bonchev–Trinajstić information content (AvgIpc) is 2.77. The number of aryl methyl sites for hydroxylation is 1. The van der Waals surface area contributed by atoms with Gasteiger partial charge in [0.2, 0.25) is 0 Å². The summed E-state index contributed by atoms with van der Waals surface area (Å²) in [4.78, 5) is 12.1. The molecule has 20 heavy (non-hydrogen) atoms. The standard InChI is InChI=1S/C15H16BrNO3/c1-9-5-11(16)6-10-7-12(20-13(9)10)14(18)17-8-15(19)3-2-4-15/h5-7,19H,2-4,8H2,1H3,(H,17,18). The van der Waals surface area contributed by atoms with Gasteiger partial charge in [0.15, 0.2) is 5.76 Å². The predicted octanol–water partition coefficient (Wildman–Crippen LogP) is 3.15. The zero-order valence-corrected chi connectivity index (χ0v) is 12.8. The quantitative estimate of drug-likeness (QED) is 0.904. The predicted molar refractivity (Wildman–Crippen MR) is 79.8 cm³/mol. The highest BCUT2D eigenvalue weighted by Crippen LogP contribution is 2.31. The summed E-state index contributed by atoms with van der Waals surface area (Å²) in [5.74, 6) is 0.00108. The molecule has 0 saturated heterocycles. The van der Waals surface area contributed by atoms with Gasteiger partial charge in [-0.3, -0.25) is 4.79 Å². The number of carbonyl (C=O) groups is 1. The number of fused-ring (bicyclic) bond motifs is 1. The van der Waals surface area contributed by atoms with Crippen molar-refractivity contribution < 1.29 is 14.3 Å². The van der Waals surface area contributed by atoms with Crippen molar-refractivity contribution >= 4 is 32.8 Å². The first kappa shape index (κ1) is 13.6. The van der Waals surface area contributed by atoms with E-state index in [1.165, 1.54) is 0 Å². The lowest BCUT2D eigenvalue weighted by molar-refractivity contribution is -0.0301. The Kier molecular flexibility index (Phi) is 3.34. The van der Waals surface area contributed by atoms with Gasteiger partial charge in [-0.25, -0.2) is 0 Å². The van der Waals surface area contributed by atoms with Crippen molar-refractivity contribution in [2.75, 3.05) is 6.54 Å². The first-order valence-corrected chi connectivity index (χ1v) is 7.46. The molecule has 1 heterocycles. The van der Waals surface area contributed by atoms with Gasteiger partial charge in [0.25, 0.3) is 5.91 Å². The fraction of sp³-hybridized carbons (Fsp3) is 0.400. The number of amides is 1. The van der Waals surface area contributed by atoms with Crippen LogP contribution in [-0.2, 0) is 0 Å². The van der Waals surface area contributed by atoms with Crippen LogP contribution in [0.15, 0.2) is 27.1 Å². The third-order valence-corrected chi connectivity index (χ3v) is 4.31. The lowest BCUT2D eigenvalue weighted by atomic mass is 9.80. The number of nitrogens with one attached hydrogen (secondary N) is 1. The molecule has 0 radical (unpaired) electrons. The molecule has 1 amide bonds. The minimum atomic E-state index is -0.722. The number of benzene rings is 1. The summed E-state index contributed by atoms with van der Waals surface area (Å²) in [6, 6.07) is 5.60. The number of halogens is 1. The van der Waals surface area contributed by atoms with Crippen LogP contribution in [0.1, 0.15) is 35.4 Å². The fourth-order valence-corrected chi connectivity index (χ4v) is 3.08. The van der Waals surface area contributed by atoms with Gasteiger partial charge in [-0.05, 0) is 49.9 Å². The van der Waals surface area contributed by atoms with E-state index in [2.05, 4.69) is 21.2 Å². The molecule has 3 rings (SSSR count). The van der Waals surface area contributed by atoms with Crippen molar-refractivity contribution in [3.8, 4) is 0 Å². The van der Waals surface area contributed by atoms with Crippen LogP contribution in [0.5, 0.6) is 0 Å². The third-order valence-electron chi connectivity index (χ3n) is 3.85. The van der Waals surface area contributed by atoms with Crippen LogP contribution in [0.25, 0.3) is 11.0 Å². The number of carbonyl (C=O) groups excluding carboxylic acids is 1. The van der Waals surface area contributed by atoms with Gasteiger partial charge in [-0.2, -0.15) is 0 Å². The molecule has 0 spiro atoms. The first-order valence-electron chi connectivity index (χ1n) is 6.67. The summed E-state index contributed by atoms with van der Waals surface area (Å²) < 4.78 is 6.58. The molecule has 0 aliphatic heterocycles. The Hall–Kier alpha value is -1.33. The SMILES string of the molecule is Cc1cc(Br)cc2cc(C(=O)NCC3(O)CCC3)oc12. The Morgan fingerprint density at radius 2 is 2.20 bits per heavy atom. The molecule has 0 atom stereocenters. The summed E-state index contributed by atoms with van der Waals surface area (Å²) in [6.45, 7) is 2.22. The highest BCUT2D eigenvalue weighted by atomic mass is 79.9. The zero-order chi connectivity index (χ0) is 14.3. The number of hydrogen-bond acceptors (Lipinski definition) is 3. The zero-order valence-electron chi connectivity index (χ0n) is 11.2. The van der Waals surface area contributed by atoms with Gasteiger partial charge >= 0.3 is 0 Å². The second-order valence-electron chi connectivity index (χ2n) is 5.51. The summed E-state index contributed by atoms with van der Waals surface area (Å²) in [5, 5.41) is 13.6. The molecule has 1 aliphatic rings. The van der Waals surface area contributed by atoms with Crippen molar-refractivity contribution in [2.24, 2.45) is 0 Å². The van der Waals surface area contributed by atoms with E-state index in [1.54, 1.807) is 6.07 Å². The second kappa shape index (κ2) is 4.90. The number of hydrogen-bond donors (Lipinski definition) is 2. The molecule has 4 nitrogen and oxygen atoms in total. The molecule has 106 valence electrons. The maximum Gasteiger partial charge on any atom is 0.287 e. The van der Waals surface area contributed by atoms with Gasteiger partial charge in [-0.1, -0.05) is 15.9 Å². The second-order valence-corrected chi connectivity index (χ2v) is 6.43. The lowest BCUT2D eigenvalue weighted by Crippen LogP contribution is -2.47. The van der Waals surface area contributed by atoms with E-state index in [9.17, 15) is 9.90 Å². The van der Waals surface area contributed by atoms with Crippen LogP contribution in [-0.4, -0.2) is 23.2 Å². The van der Waals surface area contributed by atoms with Crippen molar-refractivity contribution in [2.45, 2.75) is 31.8 Å². The Bertz CT molecular complexity index is 673. The minimum Gasteiger partial charge on any atom is -0.451 e. The van der Waals surface area contributed by atoms with Gasteiger partial charge < -0.3 is 14.8 Å². The lowest BCUT2D eigenvalue weighted by Gasteiger charge is -2.36. The van der Waals surface area contributed by atoms with Crippen molar-refractivity contribution in [1.82, 2.24) is 5.32 Å². The summed E-state index contributed by atoms with van der Waals surface area (Å²) in [7, 11) is 0. The highest BCUT2D eigenvalue weighted by molar-refractivity contribution is 9.10. The molecule has 0 bridgehead atoms. The molecule has 5 heteroatoms. The van der Waals surface area contributed by atoms with E-state index in [0.29, 0.717) is 0 Å². The Morgan fingerprint density at radius 3 is 2.85 bits per heavy atom. The van der Waals surface area contributed by atoms with E-state index in [1.807, 2.05) is 19.1 Å². The summed E-state index contributed by atoms with van der Waals surface area (Å²) in [6.07, 6.45) is 2.52. The summed E-state index contributed by atoms with van der Waals surface area (Å²) >= 11 is 3.43. The molecule has 2 aromatic rings. The van der Waals surface area contributed by atoms with Crippen LogP contribution in [0.4, 0.5) is 0 Å². The monoisotopic (exact) mass is 337 g/mol. The van der Waals surface area contributed by atoms with Crippen molar-refractivity contribution in [1.29, 1.82) is 0 Å². The largest absolute Gasteiger partial charge is 0.451 e. The maximum absolute atomic E-state index is 12.1. The molecule has 1 aliphatic carbocycles. The normalized spacial score (nSPS) is 16.9. The van der Waals surface area contributed by atoms with E-state index >= 15 is 0 Å². The van der Waals surface area contributed by atoms with Crippen LogP contribution in [0, 0.1) is 6.92 Å². The molecule has 1 aromatic heterocycles. The maximum atomic E-state index is 12.1. The third kappa shape index (κ3) is 2.47. The fourth-order valence-electron chi connectivity index (χ4n) is 2.49. The molecule has 1 fully saturated rings. The highest BCUT2D eigenvalue weighted by Gasteiger charge is 2.34. The van der Waals surface area contributed by atoms with E-state index in [4.69, 9.17) is 4.42 Å². The minimum absolute atomic E-state index is 0.281. The van der Waals surface area contributed by atoms with Gasteiger partial charge in [0.1, 0.15) is 5.58 Å². The topological polar surface area (TPSA) is 62.5 Å². The number of rotatable bonds is 3. The van der Waals surface area contributed by atoms with Gasteiger partial charge in [-0.15, -0.1) is 0 Å². The molecule has 2 N–H and O–H groups in total. The Morgan fingerprint density at radius 1 is 1.45 bits per heavy atom. The Balaban J connectivity index is 1.79. The number of furan rings is 1.